The Morgan fingerprint density at radius 3 is 2.45 bits per heavy atom. The van der Waals surface area contributed by atoms with Gasteiger partial charge in [-0.3, -0.25) is 4.79 Å². The fourth-order valence-electron chi connectivity index (χ4n) is 2.44. The molecule has 8 heteroatoms. The molecule has 150 valence electrons. The van der Waals surface area contributed by atoms with Gasteiger partial charge in [-0.25, -0.2) is 9.97 Å². The van der Waals surface area contributed by atoms with Gasteiger partial charge in [0.05, 0.1) is 20.0 Å². The van der Waals surface area contributed by atoms with Crippen LogP contribution in [0.5, 0.6) is 23.1 Å². The van der Waals surface area contributed by atoms with Crippen LogP contribution in [0.4, 0.5) is 5.69 Å². The first-order chi connectivity index (χ1) is 14.1. The van der Waals surface area contributed by atoms with Crippen molar-refractivity contribution in [2.24, 2.45) is 0 Å². The Hall–Kier alpha value is -3.26. The zero-order chi connectivity index (χ0) is 20.6. The monoisotopic (exact) mass is 411 g/mol. The number of carbonyl (C=O) groups is 1. The number of hydrogen-bond acceptors (Lipinski definition) is 7. The van der Waals surface area contributed by atoms with Gasteiger partial charge in [0.25, 0.3) is 5.88 Å². The van der Waals surface area contributed by atoms with Crippen LogP contribution in [0.15, 0.2) is 59.9 Å². The predicted octanol–water partition coefficient (Wildman–Crippen LogP) is 4.33. The standard InChI is InChI=1S/C21H21N3O4S/c1-14-4-7-16(8-5-14)28-20-21(23-11-10-22-20)29-13-19(25)24-15-6-9-17(26-2)18(12-15)27-3/h4-12H,13H2,1-3H3,(H,24,25). The molecular formula is C21H21N3O4S. The van der Waals surface area contributed by atoms with E-state index in [2.05, 4.69) is 15.3 Å². The Morgan fingerprint density at radius 2 is 1.72 bits per heavy atom. The molecule has 1 amide bonds. The molecule has 7 nitrogen and oxygen atoms in total. The second-order valence-corrected chi connectivity index (χ2v) is 6.95. The lowest BCUT2D eigenvalue weighted by Crippen LogP contribution is -2.14. The van der Waals surface area contributed by atoms with Crippen LogP contribution >= 0.6 is 11.8 Å². The van der Waals surface area contributed by atoms with Crippen molar-refractivity contribution in [2.45, 2.75) is 11.9 Å². The van der Waals surface area contributed by atoms with E-state index in [-0.39, 0.29) is 11.7 Å². The minimum atomic E-state index is -0.186. The summed E-state index contributed by atoms with van der Waals surface area (Å²) < 4.78 is 16.3. The Bertz CT molecular complexity index is 980. The maximum absolute atomic E-state index is 12.4. The zero-order valence-corrected chi connectivity index (χ0v) is 17.2. The summed E-state index contributed by atoms with van der Waals surface area (Å²) in [5, 5.41) is 3.37. The van der Waals surface area contributed by atoms with Gasteiger partial charge < -0.3 is 19.5 Å². The molecule has 0 radical (unpaired) electrons. The van der Waals surface area contributed by atoms with Crippen molar-refractivity contribution in [1.82, 2.24) is 9.97 Å². The van der Waals surface area contributed by atoms with Crippen LogP contribution in [0.2, 0.25) is 0 Å². The predicted molar refractivity (Wildman–Crippen MR) is 112 cm³/mol. The number of rotatable bonds is 8. The highest BCUT2D eigenvalue weighted by atomic mass is 32.2. The normalized spacial score (nSPS) is 10.3. The van der Waals surface area contributed by atoms with Gasteiger partial charge in [0.15, 0.2) is 16.5 Å². The number of thioether (sulfide) groups is 1. The second kappa shape index (κ2) is 9.79. The molecule has 0 unspecified atom stereocenters. The molecule has 0 spiro atoms. The SMILES string of the molecule is COc1ccc(NC(=O)CSc2nccnc2Oc2ccc(C)cc2)cc1OC. The molecule has 0 saturated heterocycles. The number of aryl methyl sites for hydroxylation is 1. The Kier molecular flexibility index (Phi) is 6.91. The first-order valence-corrected chi connectivity index (χ1v) is 9.78. The molecule has 1 aromatic heterocycles. The van der Waals surface area contributed by atoms with E-state index in [9.17, 15) is 4.79 Å². The van der Waals surface area contributed by atoms with Crippen LogP contribution in [0.3, 0.4) is 0 Å². The number of anilines is 1. The molecule has 3 rings (SSSR count). The van der Waals surface area contributed by atoms with E-state index in [1.807, 2.05) is 31.2 Å². The van der Waals surface area contributed by atoms with E-state index in [1.165, 1.54) is 11.8 Å². The van der Waals surface area contributed by atoms with E-state index in [4.69, 9.17) is 14.2 Å². The lowest BCUT2D eigenvalue weighted by Gasteiger charge is -2.11. The Balaban J connectivity index is 1.62. The topological polar surface area (TPSA) is 82.6 Å². The molecule has 3 aromatic rings. The van der Waals surface area contributed by atoms with E-state index >= 15 is 0 Å². The summed E-state index contributed by atoms with van der Waals surface area (Å²) in [4.78, 5) is 20.9. The number of hydrogen-bond donors (Lipinski definition) is 1. The van der Waals surface area contributed by atoms with Crippen molar-refractivity contribution in [3.05, 3.63) is 60.4 Å². The molecule has 0 aliphatic carbocycles. The Morgan fingerprint density at radius 1 is 1.00 bits per heavy atom. The third-order valence-electron chi connectivity index (χ3n) is 3.88. The molecular weight excluding hydrogens is 390 g/mol. The van der Waals surface area contributed by atoms with Crippen LogP contribution in [-0.4, -0.2) is 35.8 Å². The number of aromatic nitrogens is 2. The summed E-state index contributed by atoms with van der Waals surface area (Å²) >= 11 is 1.25. The number of benzene rings is 2. The Labute approximate surface area is 173 Å². The van der Waals surface area contributed by atoms with Gasteiger partial charge in [0.1, 0.15) is 5.75 Å². The van der Waals surface area contributed by atoms with Crippen molar-refractivity contribution in [1.29, 1.82) is 0 Å². The number of ether oxygens (including phenoxy) is 3. The van der Waals surface area contributed by atoms with Gasteiger partial charge in [-0.15, -0.1) is 0 Å². The fourth-order valence-corrected chi connectivity index (χ4v) is 3.14. The van der Waals surface area contributed by atoms with E-state index in [1.54, 1.807) is 44.8 Å². The summed E-state index contributed by atoms with van der Waals surface area (Å²) in [5.74, 6) is 2.12. The molecule has 0 aliphatic rings. The largest absolute Gasteiger partial charge is 0.493 e. The lowest BCUT2D eigenvalue weighted by molar-refractivity contribution is -0.113. The van der Waals surface area contributed by atoms with Crippen LogP contribution in [-0.2, 0) is 4.79 Å². The first-order valence-electron chi connectivity index (χ1n) is 8.79. The van der Waals surface area contributed by atoms with E-state index in [0.717, 1.165) is 5.56 Å². The summed E-state index contributed by atoms with van der Waals surface area (Å²) in [5.41, 5.74) is 1.75. The third kappa shape index (κ3) is 5.61. The number of methoxy groups -OCH3 is 2. The second-order valence-electron chi connectivity index (χ2n) is 5.99. The average Bonchev–Trinajstić information content (AvgIpc) is 2.74. The molecule has 0 atom stereocenters. The third-order valence-corrected chi connectivity index (χ3v) is 4.84. The van der Waals surface area contributed by atoms with Crippen LogP contribution in [0, 0.1) is 6.92 Å². The van der Waals surface area contributed by atoms with Gasteiger partial charge in [-0.2, -0.15) is 0 Å². The molecule has 1 N–H and O–H groups in total. The van der Waals surface area contributed by atoms with Gasteiger partial charge in [-0.05, 0) is 31.2 Å². The van der Waals surface area contributed by atoms with Crippen molar-refractivity contribution in [2.75, 3.05) is 25.3 Å². The smallest absolute Gasteiger partial charge is 0.252 e. The molecule has 1 heterocycles. The van der Waals surface area contributed by atoms with Gasteiger partial charge >= 0.3 is 0 Å². The van der Waals surface area contributed by atoms with Crippen LogP contribution < -0.4 is 19.5 Å². The summed E-state index contributed by atoms with van der Waals surface area (Å²) in [7, 11) is 3.10. The van der Waals surface area contributed by atoms with E-state index < -0.39 is 0 Å². The molecule has 29 heavy (non-hydrogen) atoms. The first kappa shape index (κ1) is 20.5. The summed E-state index contributed by atoms with van der Waals surface area (Å²) in [6.45, 7) is 2.00. The molecule has 0 bridgehead atoms. The fraction of sp³-hybridized carbons (Fsp3) is 0.190. The van der Waals surface area contributed by atoms with Crippen molar-refractivity contribution in [3.8, 4) is 23.1 Å². The molecule has 0 saturated carbocycles. The molecule has 0 aliphatic heterocycles. The van der Waals surface area contributed by atoms with Gasteiger partial charge in [0.2, 0.25) is 5.91 Å². The van der Waals surface area contributed by atoms with Crippen molar-refractivity contribution < 1.29 is 19.0 Å². The minimum Gasteiger partial charge on any atom is -0.493 e. The van der Waals surface area contributed by atoms with Gasteiger partial charge in [-0.1, -0.05) is 29.5 Å². The maximum Gasteiger partial charge on any atom is 0.252 e. The quantitative estimate of drug-likeness (QED) is 0.553. The molecule has 0 fully saturated rings. The number of carbonyl (C=O) groups excluding carboxylic acids is 1. The van der Waals surface area contributed by atoms with Crippen LogP contribution in [0.25, 0.3) is 0 Å². The number of nitrogens with one attached hydrogen (secondary N) is 1. The summed E-state index contributed by atoms with van der Waals surface area (Å²) in [6.07, 6.45) is 3.12. The molecule has 2 aromatic carbocycles. The summed E-state index contributed by atoms with van der Waals surface area (Å²) in [6, 6.07) is 12.8. The highest BCUT2D eigenvalue weighted by molar-refractivity contribution is 8.00. The van der Waals surface area contributed by atoms with Crippen molar-refractivity contribution >= 4 is 23.4 Å². The number of nitrogens with zero attached hydrogens (tertiary/aromatic N) is 2. The highest BCUT2D eigenvalue weighted by Crippen LogP contribution is 2.31. The zero-order valence-electron chi connectivity index (χ0n) is 16.3. The van der Waals surface area contributed by atoms with E-state index in [0.29, 0.717) is 33.8 Å². The van der Waals surface area contributed by atoms with Crippen molar-refractivity contribution in [3.63, 3.8) is 0 Å². The average molecular weight is 411 g/mol. The lowest BCUT2D eigenvalue weighted by atomic mass is 10.2. The van der Waals surface area contributed by atoms with Crippen LogP contribution in [0.1, 0.15) is 5.56 Å². The minimum absolute atomic E-state index is 0.150. The highest BCUT2D eigenvalue weighted by Gasteiger charge is 2.12. The maximum atomic E-state index is 12.4. The number of amides is 1. The van der Waals surface area contributed by atoms with Gasteiger partial charge in [0, 0.05) is 24.1 Å².